The number of benzene rings is 1. The Morgan fingerprint density at radius 1 is 1.32 bits per heavy atom. The average Bonchev–Trinajstić information content (AvgIpc) is 2.76. The molecular weight excluding hydrogens is 269 g/mol. The monoisotopic (exact) mass is 283 g/mol. The van der Waals surface area contributed by atoms with Crippen LogP contribution in [0.4, 0.5) is 4.39 Å². The van der Waals surface area contributed by atoms with Gasteiger partial charge in [0.25, 0.3) is 0 Å². The summed E-state index contributed by atoms with van der Waals surface area (Å²) >= 11 is 0. The molecule has 0 unspecified atom stereocenters. The van der Waals surface area contributed by atoms with Gasteiger partial charge in [0.2, 0.25) is 0 Å². The minimum absolute atomic E-state index is 0.00618. The predicted molar refractivity (Wildman–Crippen MR) is 67.7 cm³/mol. The lowest BCUT2D eigenvalue weighted by Crippen LogP contribution is -2.14. The van der Waals surface area contributed by atoms with Crippen LogP contribution in [0, 0.1) is 5.82 Å². The topological polar surface area (TPSA) is 64.8 Å². The van der Waals surface area contributed by atoms with Crippen molar-refractivity contribution in [2.45, 2.75) is 30.5 Å². The van der Waals surface area contributed by atoms with Crippen LogP contribution in [0.25, 0.3) is 0 Å². The van der Waals surface area contributed by atoms with E-state index < -0.39 is 15.7 Å². The molecule has 7 heteroatoms. The molecule has 0 aliphatic heterocycles. The summed E-state index contributed by atoms with van der Waals surface area (Å²) < 4.78 is 39.4. The highest BCUT2D eigenvalue weighted by atomic mass is 32.2. The van der Waals surface area contributed by atoms with Crippen molar-refractivity contribution in [3.63, 3.8) is 0 Å². The number of sulfone groups is 1. The van der Waals surface area contributed by atoms with Crippen LogP contribution in [0.3, 0.4) is 0 Å². The highest BCUT2D eigenvalue weighted by molar-refractivity contribution is 7.90. The van der Waals surface area contributed by atoms with E-state index in [0.29, 0.717) is 5.82 Å². The van der Waals surface area contributed by atoms with E-state index in [4.69, 9.17) is 0 Å². The molecule has 1 heterocycles. The predicted octanol–water partition coefficient (Wildman–Crippen LogP) is 1.97. The van der Waals surface area contributed by atoms with Gasteiger partial charge in [-0.1, -0.05) is 12.1 Å². The van der Waals surface area contributed by atoms with E-state index in [1.54, 1.807) is 0 Å². The van der Waals surface area contributed by atoms with Gasteiger partial charge < -0.3 is 0 Å². The van der Waals surface area contributed by atoms with E-state index in [1.165, 1.54) is 29.2 Å². The van der Waals surface area contributed by atoms with Crippen LogP contribution in [0.5, 0.6) is 0 Å². The Labute approximate surface area is 111 Å². The summed E-state index contributed by atoms with van der Waals surface area (Å²) in [5.41, 5.74) is 0. The molecule has 102 valence electrons. The molecule has 5 nitrogen and oxygen atoms in total. The smallest absolute Gasteiger partial charge is 0.188 e. The molecule has 0 N–H and O–H groups in total. The van der Waals surface area contributed by atoms with Gasteiger partial charge in [0, 0.05) is 6.04 Å². The van der Waals surface area contributed by atoms with Crippen LogP contribution in [-0.4, -0.2) is 23.2 Å². The molecule has 0 aliphatic rings. The fourth-order valence-electron chi connectivity index (χ4n) is 1.75. The third kappa shape index (κ3) is 2.81. The van der Waals surface area contributed by atoms with Crippen molar-refractivity contribution < 1.29 is 12.8 Å². The summed E-state index contributed by atoms with van der Waals surface area (Å²) in [5.74, 6) is -0.817. The van der Waals surface area contributed by atoms with Crippen molar-refractivity contribution in [2.75, 3.05) is 0 Å². The van der Waals surface area contributed by atoms with Gasteiger partial charge in [-0.15, -0.1) is 0 Å². The first kappa shape index (κ1) is 13.7. The Morgan fingerprint density at radius 2 is 2.00 bits per heavy atom. The van der Waals surface area contributed by atoms with Crippen molar-refractivity contribution in [2.24, 2.45) is 0 Å². The molecule has 0 atom stereocenters. The molecule has 0 fully saturated rings. The lowest BCUT2D eigenvalue weighted by Gasteiger charge is -2.10. The highest BCUT2D eigenvalue weighted by Gasteiger charge is 2.22. The summed E-state index contributed by atoms with van der Waals surface area (Å²) in [6.07, 6.45) is 1.30. The molecule has 0 bridgehead atoms. The van der Waals surface area contributed by atoms with Crippen molar-refractivity contribution in [1.82, 2.24) is 14.8 Å². The van der Waals surface area contributed by atoms with Crippen LogP contribution in [0.15, 0.2) is 35.5 Å². The number of nitrogens with zero attached hydrogens (tertiary/aromatic N) is 3. The second-order valence-electron chi connectivity index (χ2n) is 4.40. The van der Waals surface area contributed by atoms with Crippen LogP contribution < -0.4 is 0 Å². The number of rotatable bonds is 4. The van der Waals surface area contributed by atoms with Gasteiger partial charge in [0.1, 0.15) is 28.6 Å². The van der Waals surface area contributed by atoms with Gasteiger partial charge in [-0.25, -0.2) is 22.5 Å². The van der Waals surface area contributed by atoms with Crippen molar-refractivity contribution in [3.05, 3.63) is 42.2 Å². The first-order valence-electron chi connectivity index (χ1n) is 5.77. The van der Waals surface area contributed by atoms with Crippen molar-refractivity contribution >= 4 is 9.84 Å². The maximum Gasteiger partial charge on any atom is 0.188 e. The quantitative estimate of drug-likeness (QED) is 0.860. The van der Waals surface area contributed by atoms with Crippen LogP contribution in [-0.2, 0) is 15.6 Å². The summed E-state index contributed by atoms with van der Waals surface area (Å²) in [7, 11) is -3.77. The molecular formula is C12H14FN3O2S. The number of halogens is 1. The minimum Gasteiger partial charge on any atom is -0.247 e. The molecule has 0 radical (unpaired) electrons. The fourth-order valence-corrected chi connectivity index (χ4v) is 3.11. The second kappa shape index (κ2) is 5.08. The number of hydrogen-bond acceptors (Lipinski definition) is 4. The fraction of sp³-hybridized carbons (Fsp3) is 0.333. The van der Waals surface area contributed by atoms with Crippen molar-refractivity contribution in [1.29, 1.82) is 0 Å². The molecule has 0 amide bonds. The van der Waals surface area contributed by atoms with E-state index in [1.807, 2.05) is 13.8 Å². The molecule has 1 aromatic carbocycles. The summed E-state index contributed by atoms with van der Waals surface area (Å²) in [6.45, 7) is 3.74. The first-order valence-corrected chi connectivity index (χ1v) is 7.42. The SMILES string of the molecule is CC(C)n1ncnc1CS(=O)(=O)c1ccccc1F. The Balaban J connectivity index is 2.37. The highest BCUT2D eigenvalue weighted by Crippen LogP contribution is 2.19. The standard InChI is InChI=1S/C12H14FN3O2S/c1-9(2)16-12(14-8-15-16)7-19(17,18)11-6-4-3-5-10(11)13/h3-6,8-9H,7H2,1-2H3. The third-order valence-electron chi connectivity index (χ3n) is 2.63. The largest absolute Gasteiger partial charge is 0.247 e. The molecule has 19 heavy (non-hydrogen) atoms. The summed E-state index contributed by atoms with van der Waals surface area (Å²) in [4.78, 5) is 3.62. The lowest BCUT2D eigenvalue weighted by atomic mass is 10.3. The van der Waals surface area contributed by atoms with Gasteiger partial charge >= 0.3 is 0 Å². The zero-order valence-corrected chi connectivity index (χ0v) is 11.4. The Kier molecular flexibility index (Phi) is 3.66. The van der Waals surface area contributed by atoms with E-state index in [0.717, 1.165) is 6.07 Å². The summed E-state index contributed by atoms with van der Waals surface area (Å²) in [5, 5.41) is 3.96. The van der Waals surface area contributed by atoms with Crippen LogP contribution >= 0.6 is 0 Å². The van der Waals surface area contributed by atoms with E-state index in [9.17, 15) is 12.8 Å². The van der Waals surface area contributed by atoms with Gasteiger partial charge in [-0.3, -0.25) is 0 Å². The van der Waals surface area contributed by atoms with Gasteiger partial charge in [-0.2, -0.15) is 5.10 Å². The Bertz CT molecular complexity index is 680. The molecule has 0 aliphatic carbocycles. The second-order valence-corrected chi connectivity index (χ2v) is 6.36. The Hall–Kier alpha value is -1.76. The van der Waals surface area contributed by atoms with Crippen LogP contribution in [0.1, 0.15) is 25.7 Å². The van der Waals surface area contributed by atoms with Gasteiger partial charge in [0.05, 0.1) is 0 Å². The molecule has 0 spiro atoms. The number of aromatic nitrogens is 3. The molecule has 2 rings (SSSR count). The zero-order valence-electron chi connectivity index (χ0n) is 10.6. The summed E-state index contributed by atoms with van der Waals surface area (Å²) in [6, 6.07) is 5.31. The number of hydrogen-bond donors (Lipinski definition) is 0. The molecule has 2 aromatic rings. The minimum atomic E-state index is -3.77. The lowest BCUT2D eigenvalue weighted by molar-refractivity contribution is 0.509. The van der Waals surface area contributed by atoms with E-state index in [-0.39, 0.29) is 16.7 Å². The maximum atomic E-state index is 13.6. The zero-order chi connectivity index (χ0) is 14.0. The van der Waals surface area contributed by atoms with Crippen molar-refractivity contribution in [3.8, 4) is 0 Å². The third-order valence-corrected chi connectivity index (χ3v) is 4.27. The molecule has 1 aromatic heterocycles. The van der Waals surface area contributed by atoms with Gasteiger partial charge in [0.15, 0.2) is 9.84 Å². The van der Waals surface area contributed by atoms with E-state index >= 15 is 0 Å². The van der Waals surface area contributed by atoms with Crippen LogP contribution in [0.2, 0.25) is 0 Å². The molecule has 0 saturated heterocycles. The normalized spacial score (nSPS) is 12.0. The maximum absolute atomic E-state index is 13.6. The van der Waals surface area contributed by atoms with Gasteiger partial charge in [-0.05, 0) is 26.0 Å². The molecule has 0 saturated carbocycles. The van der Waals surface area contributed by atoms with E-state index in [2.05, 4.69) is 10.1 Å². The first-order chi connectivity index (χ1) is 8.92. The Morgan fingerprint density at radius 3 is 2.63 bits per heavy atom. The average molecular weight is 283 g/mol.